The van der Waals surface area contributed by atoms with E-state index in [1.165, 1.54) is 6.92 Å². The van der Waals surface area contributed by atoms with Crippen LogP contribution in [0.2, 0.25) is 0 Å². The van der Waals surface area contributed by atoms with Gasteiger partial charge >= 0.3 is 6.18 Å². The molecular formula is C24H31F3O6. The summed E-state index contributed by atoms with van der Waals surface area (Å²) in [6, 6.07) is 6.60. The van der Waals surface area contributed by atoms with Crippen molar-refractivity contribution in [2.45, 2.75) is 89.3 Å². The van der Waals surface area contributed by atoms with Crippen LogP contribution in [0.4, 0.5) is 13.2 Å². The van der Waals surface area contributed by atoms with Gasteiger partial charge in [0.15, 0.2) is 11.9 Å². The van der Waals surface area contributed by atoms with Gasteiger partial charge in [-0.2, -0.15) is 13.2 Å². The van der Waals surface area contributed by atoms with Crippen molar-refractivity contribution in [3.63, 3.8) is 0 Å². The topological polar surface area (TPSA) is 66.4 Å². The Balaban J connectivity index is 1.52. The summed E-state index contributed by atoms with van der Waals surface area (Å²) in [5, 5.41) is 9.22. The molecule has 4 saturated heterocycles. The van der Waals surface area contributed by atoms with E-state index in [2.05, 4.69) is 6.92 Å². The molecule has 1 aromatic carbocycles. The number of rotatable bonds is 4. The molecule has 33 heavy (non-hydrogen) atoms. The molecule has 5 aliphatic rings. The van der Waals surface area contributed by atoms with Crippen LogP contribution < -0.4 is 0 Å². The van der Waals surface area contributed by atoms with Crippen molar-refractivity contribution in [3.05, 3.63) is 35.4 Å². The van der Waals surface area contributed by atoms with E-state index in [1.54, 1.807) is 31.2 Å². The molecule has 0 amide bonds. The number of aliphatic hydroxyl groups excluding tert-OH is 1. The second-order valence-corrected chi connectivity index (χ2v) is 10.2. The van der Waals surface area contributed by atoms with Gasteiger partial charge in [-0.15, -0.1) is 0 Å². The highest BCUT2D eigenvalue weighted by molar-refractivity contribution is 5.21. The second-order valence-electron chi connectivity index (χ2n) is 10.2. The fourth-order valence-electron chi connectivity index (χ4n) is 6.42. The monoisotopic (exact) mass is 472 g/mol. The Bertz CT molecular complexity index is 878. The first-order valence-electron chi connectivity index (χ1n) is 11.7. The first-order chi connectivity index (χ1) is 15.5. The van der Waals surface area contributed by atoms with Gasteiger partial charge in [0, 0.05) is 18.3 Å². The van der Waals surface area contributed by atoms with Crippen molar-refractivity contribution in [3.8, 4) is 0 Å². The van der Waals surface area contributed by atoms with E-state index >= 15 is 0 Å². The average molecular weight is 473 g/mol. The lowest BCUT2D eigenvalue weighted by molar-refractivity contribution is -0.599. The van der Waals surface area contributed by atoms with Crippen molar-refractivity contribution >= 4 is 0 Å². The van der Waals surface area contributed by atoms with E-state index in [4.69, 9.17) is 24.0 Å². The molecule has 0 radical (unpaired) electrons. The van der Waals surface area contributed by atoms with Crippen LogP contribution in [0.15, 0.2) is 24.3 Å². The fraction of sp³-hybridized carbons (Fsp3) is 0.750. The summed E-state index contributed by atoms with van der Waals surface area (Å²) < 4.78 is 61.9. The molecule has 9 heteroatoms. The normalized spacial score (nSPS) is 44.9. The molecule has 6 nitrogen and oxygen atoms in total. The molecule has 8 atom stereocenters. The SMILES string of the molecule is C[C@@H]1CC[C@H]2[C@@H](C)[C@](OCc3ccc(CO)cc3)(C(F)(F)F)O[C@@H]3O[C@@]4(C)CC[C@@H]1[C@]32OO4. The predicted molar refractivity (Wildman–Crippen MR) is 109 cm³/mol. The smallest absolute Gasteiger partial charge is 0.392 e. The number of hydrogen-bond acceptors (Lipinski definition) is 6. The van der Waals surface area contributed by atoms with Crippen molar-refractivity contribution < 1.29 is 42.3 Å². The third-order valence-corrected chi connectivity index (χ3v) is 8.31. The summed E-state index contributed by atoms with van der Waals surface area (Å²) in [5.74, 6) is -5.37. The molecule has 184 valence electrons. The first kappa shape index (κ1) is 23.5. The van der Waals surface area contributed by atoms with Gasteiger partial charge < -0.3 is 19.3 Å². The maximum absolute atomic E-state index is 14.8. The number of fused-ring (bicyclic) bond motifs is 2. The third kappa shape index (κ3) is 3.46. The van der Waals surface area contributed by atoms with E-state index in [9.17, 15) is 18.3 Å². The summed E-state index contributed by atoms with van der Waals surface area (Å²) in [7, 11) is 0. The molecule has 1 spiro atoms. The van der Waals surface area contributed by atoms with E-state index in [-0.39, 0.29) is 25.0 Å². The average Bonchev–Trinajstić information content (AvgIpc) is 3.00. The molecule has 4 heterocycles. The largest absolute Gasteiger partial charge is 0.443 e. The van der Waals surface area contributed by atoms with Gasteiger partial charge in [0.25, 0.3) is 5.79 Å². The standard InChI is InChI=1S/C24H31F3O6/c1-14-4-9-19-15(2)23(24(25,26)27,29-13-17-7-5-16(12-28)6-8-17)31-20-22(19)18(14)10-11-21(3,30-20)32-33-22/h5-8,14-15,18-20,28H,4,9-13H2,1-3H3/t14-,15-,18+,19+,20+,21-,22-,23-/m1/s1. The maximum Gasteiger partial charge on any atom is 0.443 e. The molecule has 6 rings (SSSR count). The molecule has 1 saturated carbocycles. The molecular weight excluding hydrogens is 441 g/mol. The summed E-state index contributed by atoms with van der Waals surface area (Å²) in [5.41, 5.74) is 0.120. The minimum atomic E-state index is -4.80. The van der Waals surface area contributed by atoms with Crippen LogP contribution in [0.25, 0.3) is 0 Å². The van der Waals surface area contributed by atoms with Crippen LogP contribution in [0.3, 0.4) is 0 Å². The van der Waals surface area contributed by atoms with Crippen LogP contribution in [-0.4, -0.2) is 34.7 Å². The minimum Gasteiger partial charge on any atom is -0.392 e. The Morgan fingerprint density at radius 1 is 1.00 bits per heavy atom. The van der Waals surface area contributed by atoms with Gasteiger partial charge in [0.05, 0.1) is 13.2 Å². The number of alkyl halides is 3. The quantitative estimate of drug-likeness (QED) is 0.633. The van der Waals surface area contributed by atoms with Crippen molar-refractivity contribution in [1.82, 2.24) is 0 Å². The molecule has 0 unspecified atom stereocenters. The van der Waals surface area contributed by atoms with E-state index in [0.29, 0.717) is 24.0 Å². The highest BCUT2D eigenvalue weighted by Gasteiger charge is 2.77. The number of halogens is 3. The summed E-state index contributed by atoms with van der Waals surface area (Å²) in [4.78, 5) is 11.6. The molecule has 1 N–H and O–H groups in total. The molecule has 4 aliphatic heterocycles. The number of aliphatic hydroxyl groups is 1. The summed E-state index contributed by atoms with van der Waals surface area (Å²) in [6.07, 6.45) is -3.47. The van der Waals surface area contributed by atoms with E-state index in [1.807, 2.05) is 0 Å². The van der Waals surface area contributed by atoms with Crippen molar-refractivity contribution in [2.75, 3.05) is 0 Å². The highest BCUT2D eigenvalue weighted by atomic mass is 19.4. The molecule has 1 aromatic rings. The number of ether oxygens (including phenoxy) is 3. The Morgan fingerprint density at radius 3 is 2.36 bits per heavy atom. The van der Waals surface area contributed by atoms with Gasteiger partial charge in [-0.25, -0.2) is 9.78 Å². The minimum absolute atomic E-state index is 0.0368. The third-order valence-electron chi connectivity index (χ3n) is 8.31. The molecule has 1 aliphatic carbocycles. The van der Waals surface area contributed by atoms with Gasteiger partial charge in [-0.05, 0) is 49.1 Å². The van der Waals surface area contributed by atoms with Crippen LogP contribution in [0.1, 0.15) is 57.6 Å². The Labute approximate surface area is 191 Å². The molecule has 2 bridgehead atoms. The highest BCUT2D eigenvalue weighted by Crippen LogP contribution is 2.64. The number of benzene rings is 1. The van der Waals surface area contributed by atoms with Gasteiger partial charge in [-0.1, -0.05) is 38.1 Å². The fourth-order valence-corrected chi connectivity index (χ4v) is 6.42. The second kappa shape index (κ2) is 7.90. The van der Waals surface area contributed by atoms with Crippen molar-refractivity contribution in [1.29, 1.82) is 0 Å². The van der Waals surface area contributed by atoms with Gasteiger partial charge in [0.2, 0.25) is 5.79 Å². The van der Waals surface area contributed by atoms with Crippen LogP contribution in [0, 0.1) is 23.7 Å². The summed E-state index contributed by atoms with van der Waals surface area (Å²) in [6.45, 7) is 4.89. The summed E-state index contributed by atoms with van der Waals surface area (Å²) >= 11 is 0. The van der Waals surface area contributed by atoms with Crippen LogP contribution >= 0.6 is 0 Å². The molecule has 0 aromatic heterocycles. The Kier molecular flexibility index (Phi) is 5.62. The number of hydrogen-bond donors (Lipinski definition) is 1. The lowest BCUT2D eigenvalue weighted by Crippen LogP contribution is -2.75. The van der Waals surface area contributed by atoms with Gasteiger partial charge in [0.1, 0.15) is 0 Å². The van der Waals surface area contributed by atoms with Gasteiger partial charge in [-0.3, -0.25) is 0 Å². The Morgan fingerprint density at radius 2 is 1.70 bits per heavy atom. The zero-order chi connectivity index (χ0) is 23.6. The van der Waals surface area contributed by atoms with E-state index in [0.717, 1.165) is 12.8 Å². The van der Waals surface area contributed by atoms with Crippen molar-refractivity contribution in [2.24, 2.45) is 23.7 Å². The maximum atomic E-state index is 14.8. The first-order valence-corrected chi connectivity index (χ1v) is 11.7. The zero-order valence-corrected chi connectivity index (χ0v) is 19.1. The molecule has 5 fully saturated rings. The van der Waals surface area contributed by atoms with Crippen LogP contribution in [0.5, 0.6) is 0 Å². The Hall–Kier alpha value is -1.23. The predicted octanol–water partition coefficient (Wildman–Crippen LogP) is 4.84. The van der Waals surface area contributed by atoms with Crippen LogP contribution in [-0.2, 0) is 37.2 Å². The zero-order valence-electron chi connectivity index (χ0n) is 19.1. The van der Waals surface area contributed by atoms with E-state index < -0.39 is 41.5 Å². The lowest BCUT2D eigenvalue weighted by Gasteiger charge is -2.62. The lowest BCUT2D eigenvalue weighted by atomic mass is 9.57.